The molecule has 0 bridgehead atoms. The van der Waals surface area contributed by atoms with Crippen LogP contribution < -0.4 is 9.47 Å². The highest BCUT2D eigenvalue weighted by atomic mass is 35.5. The Balaban J connectivity index is 1.85. The van der Waals surface area contributed by atoms with Gasteiger partial charge in [0.25, 0.3) is 5.79 Å². The molecule has 1 aliphatic heterocycles. The number of rotatable bonds is 5. The molecule has 3 rings (SSSR count). The van der Waals surface area contributed by atoms with Crippen LogP contribution in [0.1, 0.15) is 25.0 Å². The van der Waals surface area contributed by atoms with Crippen molar-refractivity contribution < 1.29 is 28.5 Å². The number of halogens is 2. The van der Waals surface area contributed by atoms with E-state index in [1.807, 2.05) is 0 Å². The quantitative estimate of drug-likeness (QED) is 0.380. The molecule has 0 saturated carbocycles. The summed E-state index contributed by atoms with van der Waals surface area (Å²) in [7, 11) is 1.53. The molecule has 0 spiro atoms. The Morgan fingerprint density at radius 3 is 2.28 bits per heavy atom. The molecular weight excluding hydrogens is 419 g/mol. The second-order valence-electron chi connectivity index (χ2n) is 6.67. The molecule has 8 heteroatoms. The average Bonchev–Trinajstić information content (AvgIpc) is 2.63. The minimum absolute atomic E-state index is 0.142. The van der Waals surface area contributed by atoms with Gasteiger partial charge in [-0.1, -0.05) is 29.3 Å². The van der Waals surface area contributed by atoms with Crippen LogP contribution in [0.25, 0.3) is 6.08 Å². The van der Waals surface area contributed by atoms with Crippen molar-refractivity contribution in [2.75, 3.05) is 7.11 Å². The zero-order valence-corrected chi connectivity index (χ0v) is 17.5. The lowest BCUT2D eigenvalue weighted by Gasteiger charge is -2.29. The van der Waals surface area contributed by atoms with E-state index in [-0.39, 0.29) is 12.2 Å². The van der Waals surface area contributed by atoms with Gasteiger partial charge in [-0.3, -0.25) is 0 Å². The van der Waals surface area contributed by atoms with E-state index in [9.17, 15) is 9.59 Å². The molecule has 6 nitrogen and oxygen atoms in total. The average molecular weight is 437 g/mol. The first-order valence-corrected chi connectivity index (χ1v) is 9.37. The summed E-state index contributed by atoms with van der Waals surface area (Å²) < 4.78 is 21.3. The van der Waals surface area contributed by atoms with Gasteiger partial charge in [-0.05, 0) is 42.0 Å². The van der Waals surface area contributed by atoms with Gasteiger partial charge in [0, 0.05) is 24.4 Å². The van der Waals surface area contributed by atoms with Crippen molar-refractivity contribution in [3.63, 3.8) is 0 Å². The van der Waals surface area contributed by atoms with E-state index in [0.717, 1.165) is 0 Å². The standard InChI is InChI=1S/C21H18Cl2O6/c1-21(2)28-19(24)15(20(25)29-21)9-12-4-6-17(26-3)13(8-12)11-27-18-7-5-14(22)10-16(18)23/h4-10H,11H2,1-3H3. The molecule has 0 amide bonds. The number of methoxy groups -OCH3 is 1. The molecule has 29 heavy (non-hydrogen) atoms. The number of hydrogen-bond donors (Lipinski definition) is 0. The van der Waals surface area contributed by atoms with Crippen LogP contribution in [0.5, 0.6) is 11.5 Å². The highest BCUT2D eigenvalue weighted by molar-refractivity contribution is 6.35. The number of ether oxygens (including phenoxy) is 4. The minimum atomic E-state index is -1.29. The summed E-state index contributed by atoms with van der Waals surface area (Å²) in [4.78, 5) is 24.3. The molecular formula is C21H18Cl2O6. The SMILES string of the molecule is COc1ccc(C=C2C(=O)OC(C)(C)OC2=O)cc1COc1ccc(Cl)cc1Cl. The third kappa shape index (κ3) is 5.02. The van der Waals surface area contributed by atoms with E-state index in [1.165, 1.54) is 27.0 Å². The zero-order chi connectivity index (χ0) is 21.2. The van der Waals surface area contributed by atoms with Gasteiger partial charge in [0.2, 0.25) is 0 Å². The first-order valence-electron chi connectivity index (χ1n) is 8.61. The van der Waals surface area contributed by atoms with Crippen molar-refractivity contribution in [2.24, 2.45) is 0 Å². The van der Waals surface area contributed by atoms with Crippen molar-refractivity contribution in [3.05, 3.63) is 63.1 Å². The number of carbonyl (C=O) groups excluding carboxylic acids is 2. The van der Waals surface area contributed by atoms with E-state index in [4.69, 9.17) is 42.1 Å². The fourth-order valence-corrected chi connectivity index (χ4v) is 3.16. The summed E-state index contributed by atoms with van der Waals surface area (Å²) in [6.45, 7) is 3.12. The van der Waals surface area contributed by atoms with Gasteiger partial charge in [0.15, 0.2) is 0 Å². The fraction of sp³-hybridized carbons (Fsp3) is 0.238. The largest absolute Gasteiger partial charge is 0.496 e. The molecule has 152 valence electrons. The number of benzene rings is 2. The Bertz CT molecular complexity index is 975. The van der Waals surface area contributed by atoms with E-state index >= 15 is 0 Å². The Hall–Kier alpha value is -2.70. The third-order valence-corrected chi connectivity index (χ3v) is 4.54. The van der Waals surface area contributed by atoms with E-state index in [0.29, 0.717) is 32.7 Å². The van der Waals surface area contributed by atoms with Gasteiger partial charge in [-0.2, -0.15) is 0 Å². The van der Waals surface area contributed by atoms with Crippen LogP contribution in [0.2, 0.25) is 10.0 Å². The molecule has 0 unspecified atom stereocenters. The molecule has 1 fully saturated rings. The molecule has 2 aromatic carbocycles. The highest BCUT2D eigenvalue weighted by Crippen LogP contribution is 2.30. The van der Waals surface area contributed by atoms with Gasteiger partial charge in [0.05, 0.1) is 12.1 Å². The predicted molar refractivity (Wildman–Crippen MR) is 108 cm³/mol. The fourth-order valence-electron chi connectivity index (χ4n) is 2.69. The molecule has 0 radical (unpaired) electrons. The van der Waals surface area contributed by atoms with E-state index < -0.39 is 17.7 Å². The molecule has 1 heterocycles. The summed E-state index contributed by atoms with van der Waals surface area (Å²) >= 11 is 12.0. The van der Waals surface area contributed by atoms with Gasteiger partial charge < -0.3 is 18.9 Å². The minimum Gasteiger partial charge on any atom is -0.496 e. The summed E-state index contributed by atoms with van der Waals surface area (Å²) in [5, 5.41) is 0.882. The number of carbonyl (C=O) groups is 2. The number of esters is 2. The monoisotopic (exact) mass is 436 g/mol. The number of hydrogen-bond acceptors (Lipinski definition) is 6. The Labute approximate surface area is 177 Å². The smallest absolute Gasteiger partial charge is 0.348 e. The molecule has 2 aromatic rings. The predicted octanol–water partition coefficient (Wildman–Crippen LogP) is 4.80. The van der Waals surface area contributed by atoms with Crippen LogP contribution >= 0.6 is 23.2 Å². The highest BCUT2D eigenvalue weighted by Gasteiger charge is 2.38. The van der Waals surface area contributed by atoms with Crippen molar-refractivity contribution in [1.29, 1.82) is 0 Å². The molecule has 1 aliphatic rings. The van der Waals surface area contributed by atoms with E-state index in [1.54, 1.807) is 36.4 Å². The molecule has 0 aliphatic carbocycles. The summed E-state index contributed by atoms with van der Waals surface area (Å²) in [5.41, 5.74) is 1.07. The molecule has 1 saturated heterocycles. The van der Waals surface area contributed by atoms with Crippen LogP contribution in [0.4, 0.5) is 0 Å². The molecule has 0 aromatic heterocycles. The Kier molecular flexibility index (Phi) is 6.05. The first kappa shape index (κ1) is 21.0. The number of cyclic esters (lactones) is 2. The van der Waals surface area contributed by atoms with Crippen LogP contribution in [-0.2, 0) is 25.7 Å². The normalized spacial score (nSPS) is 15.4. The van der Waals surface area contributed by atoms with Crippen LogP contribution in [0.3, 0.4) is 0 Å². The first-order chi connectivity index (χ1) is 13.7. The molecule has 0 atom stereocenters. The lowest BCUT2D eigenvalue weighted by Crippen LogP contribution is -2.41. The van der Waals surface area contributed by atoms with Crippen molar-refractivity contribution in [2.45, 2.75) is 26.2 Å². The van der Waals surface area contributed by atoms with Crippen molar-refractivity contribution in [3.8, 4) is 11.5 Å². The Morgan fingerprint density at radius 1 is 1.00 bits per heavy atom. The van der Waals surface area contributed by atoms with Crippen LogP contribution in [0.15, 0.2) is 42.0 Å². The van der Waals surface area contributed by atoms with Crippen LogP contribution in [-0.4, -0.2) is 24.8 Å². The van der Waals surface area contributed by atoms with Gasteiger partial charge in [-0.15, -0.1) is 0 Å². The lowest BCUT2D eigenvalue weighted by atomic mass is 10.1. The van der Waals surface area contributed by atoms with Gasteiger partial charge in [0.1, 0.15) is 23.7 Å². The molecule has 0 N–H and O–H groups in total. The van der Waals surface area contributed by atoms with Crippen LogP contribution in [0, 0.1) is 0 Å². The van der Waals surface area contributed by atoms with Crippen molar-refractivity contribution >= 4 is 41.2 Å². The topological polar surface area (TPSA) is 71.1 Å². The summed E-state index contributed by atoms with van der Waals surface area (Å²) in [6, 6.07) is 10.1. The summed E-state index contributed by atoms with van der Waals surface area (Å²) in [6.07, 6.45) is 1.40. The maximum atomic E-state index is 12.1. The second kappa shape index (κ2) is 8.35. The lowest BCUT2D eigenvalue weighted by molar-refractivity contribution is -0.222. The maximum Gasteiger partial charge on any atom is 0.348 e. The summed E-state index contributed by atoms with van der Waals surface area (Å²) in [5.74, 6) is -1.74. The van der Waals surface area contributed by atoms with E-state index in [2.05, 4.69) is 0 Å². The Morgan fingerprint density at radius 2 is 1.66 bits per heavy atom. The zero-order valence-electron chi connectivity index (χ0n) is 16.0. The maximum absolute atomic E-state index is 12.1. The van der Waals surface area contributed by atoms with Gasteiger partial charge >= 0.3 is 11.9 Å². The third-order valence-electron chi connectivity index (χ3n) is 4.01. The second-order valence-corrected chi connectivity index (χ2v) is 7.52. The van der Waals surface area contributed by atoms with Gasteiger partial charge in [-0.25, -0.2) is 9.59 Å². The van der Waals surface area contributed by atoms with Crippen molar-refractivity contribution in [1.82, 2.24) is 0 Å².